The average Bonchev–Trinajstić information content (AvgIpc) is 3.65. The van der Waals surface area contributed by atoms with Crippen LogP contribution in [-0.4, -0.2) is 59.0 Å². The summed E-state index contributed by atoms with van der Waals surface area (Å²) in [5.74, 6) is -0.173. The van der Waals surface area contributed by atoms with Gasteiger partial charge in [-0.2, -0.15) is 0 Å². The first-order valence-electron chi connectivity index (χ1n) is 11.2. The molecule has 32 heavy (non-hydrogen) atoms. The lowest BCUT2D eigenvalue weighted by atomic mass is 10.0. The Labute approximate surface area is 186 Å². The lowest BCUT2D eigenvalue weighted by Gasteiger charge is -2.40. The van der Waals surface area contributed by atoms with Gasteiger partial charge in [0.25, 0.3) is 11.5 Å². The first kappa shape index (κ1) is 20.6. The second-order valence-corrected chi connectivity index (χ2v) is 8.62. The van der Waals surface area contributed by atoms with E-state index in [1.165, 1.54) is 5.56 Å². The van der Waals surface area contributed by atoms with Crippen molar-refractivity contribution < 1.29 is 4.79 Å². The van der Waals surface area contributed by atoms with Crippen molar-refractivity contribution in [1.29, 1.82) is 0 Å². The molecule has 5 rings (SSSR count). The Morgan fingerprint density at radius 1 is 1.12 bits per heavy atom. The van der Waals surface area contributed by atoms with E-state index in [4.69, 9.17) is 0 Å². The SMILES string of the molecule is CCc1cc2ncc(C3(N4CCN(c5ccc(C(=O)NC)nc5)CC4)CC3)cc2[nH]c1=O. The van der Waals surface area contributed by atoms with E-state index in [2.05, 4.69) is 36.1 Å². The maximum atomic E-state index is 12.3. The summed E-state index contributed by atoms with van der Waals surface area (Å²) >= 11 is 0. The smallest absolute Gasteiger partial charge is 0.269 e. The Kier molecular flexibility index (Phi) is 5.17. The van der Waals surface area contributed by atoms with Gasteiger partial charge in [-0.3, -0.25) is 19.5 Å². The minimum Gasteiger partial charge on any atom is -0.368 e. The van der Waals surface area contributed by atoms with Crippen LogP contribution in [0.4, 0.5) is 5.69 Å². The number of anilines is 1. The van der Waals surface area contributed by atoms with Crippen LogP contribution in [0.5, 0.6) is 0 Å². The number of piperazine rings is 1. The molecule has 1 aliphatic carbocycles. The van der Waals surface area contributed by atoms with Crippen LogP contribution < -0.4 is 15.8 Å². The van der Waals surface area contributed by atoms with Gasteiger partial charge in [-0.05, 0) is 49.1 Å². The number of aryl methyl sites for hydroxylation is 1. The second kappa shape index (κ2) is 8.02. The van der Waals surface area contributed by atoms with Crippen LogP contribution in [0, 0.1) is 0 Å². The maximum Gasteiger partial charge on any atom is 0.269 e. The number of aromatic amines is 1. The molecule has 2 aliphatic rings. The van der Waals surface area contributed by atoms with Gasteiger partial charge >= 0.3 is 0 Å². The van der Waals surface area contributed by atoms with Gasteiger partial charge in [-0.1, -0.05) is 6.92 Å². The summed E-state index contributed by atoms with van der Waals surface area (Å²) in [6.45, 7) is 5.68. The van der Waals surface area contributed by atoms with Crippen molar-refractivity contribution in [2.24, 2.45) is 0 Å². The van der Waals surface area contributed by atoms with Gasteiger partial charge in [0.2, 0.25) is 0 Å². The third-order valence-corrected chi connectivity index (χ3v) is 6.87. The van der Waals surface area contributed by atoms with Crippen molar-refractivity contribution in [2.45, 2.75) is 31.7 Å². The average molecular weight is 433 g/mol. The van der Waals surface area contributed by atoms with Crippen LogP contribution in [0.1, 0.15) is 41.4 Å². The maximum absolute atomic E-state index is 12.3. The number of hydrogen-bond acceptors (Lipinski definition) is 6. The first-order chi connectivity index (χ1) is 15.5. The zero-order valence-electron chi connectivity index (χ0n) is 18.5. The molecule has 1 saturated carbocycles. The number of H-pyrrole nitrogens is 1. The predicted molar refractivity (Wildman–Crippen MR) is 124 cm³/mol. The minimum atomic E-state index is -0.173. The van der Waals surface area contributed by atoms with Gasteiger partial charge in [0.15, 0.2) is 0 Å². The number of carbonyl (C=O) groups excluding carboxylic acids is 1. The van der Waals surface area contributed by atoms with Gasteiger partial charge in [-0.25, -0.2) is 4.98 Å². The number of fused-ring (bicyclic) bond motifs is 1. The standard InChI is InChI=1S/C24H28N6O2/c1-3-16-12-20-21(28-22(16)31)13-17(14-26-20)24(6-7-24)30-10-8-29(9-11-30)18-4-5-19(27-15-18)23(32)25-2/h4-5,12-15H,3,6-11H2,1-2H3,(H,25,32)(H,28,31). The number of nitrogens with one attached hydrogen (secondary N) is 2. The van der Waals surface area contributed by atoms with E-state index >= 15 is 0 Å². The van der Waals surface area contributed by atoms with E-state index < -0.39 is 0 Å². The molecule has 2 fully saturated rings. The van der Waals surface area contributed by atoms with Gasteiger partial charge in [0.1, 0.15) is 5.69 Å². The summed E-state index contributed by atoms with van der Waals surface area (Å²) in [4.78, 5) is 40.8. The number of rotatable bonds is 5. The Balaban J connectivity index is 1.31. The molecule has 0 atom stereocenters. The quantitative estimate of drug-likeness (QED) is 0.641. The van der Waals surface area contributed by atoms with Crippen molar-refractivity contribution in [2.75, 3.05) is 38.1 Å². The van der Waals surface area contributed by atoms with Crippen molar-refractivity contribution in [3.05, 3.63) is 63.8 Å². The molecule has 166 valence electrons. The zero-order chi connectivity index (χ0) is 22.3. The fraction of sp³-hybridized carbons (Fsp3) is 0.417. The largest absolute Gasteiger partial charge is 0.368 e. The Morgan fingerprint density at radius 3 is 2.53 bits per heavy atom. The summed E-state index contributed by atoms with van der Waals surface area (Å²) in [6.07, 6.45) is 6.69. The van der Waals surface area contributed by atoms with Crippen molar-refractivity contribution in [1.82, 2.24) is 25.2 Å². The molecule has 8 nitrogen and oxygen atoms in total. The second-order valence-electron chi connectivity index (χ2n) is 8.62. The summed E-state index contributed by atoms with van der Waals surface area (Å²) < 4.78 is 0. The Bertz CT molecular complexity index is 1210. The molecule has 3 aromatic heterocycles. The molecule has 4 heterocycles. The van der Waals surface area contributed by atoms with E-state index in [1.54, 1.807) is 19.3 Å². The summed E-state index contributed by atoms with van der Waals surface area (Å²) in [5, 5.41) is 2.60. The number of pyridine rings is 3. The summed E-state index contributed by atoms with van der Waals surface area (Å²) in [5.41, 5.74) is 5.10. The molecular weight excluding hydrogens is 404 g/mol. The molecule has 0 unspecified atom stereocenters. The molecule has 2 N–H and O–H groups in total. The van der Waals surface area contributed by atoms with E-state index in [1.807, 2.05) is 25.3 Å². The molecule has 1 aliphatic heterocycles. The van der Waals surface area contributed by atoms with Crippen LogP contribution in [0.2, 0.25) is 0 Å². The van der Waals surface area contributed by atoms with Crippen LogP contribution in [-0.2, 0) is 12.0 Å². The number of nitrogens with zero attached hydrogens (tertiary/aromatic N) is 4. The van der Waals surface area contributed by atoms with Crippen LogP contribution in [0.3, 0.4) is 0 Å². The lowest BCUT2D eigenvalue weighted by Crippen LogP contribution is -2.50. The highest BCUT2D eigenvalue weighted by molar-refractivity contribution is 5.92. The zero-order valence-corrected chi connectivity index (χ0v) is 18.5. The fourth-order valence-electron chi connectivity index (χ4n) is 4.77. The Hall–Kier alpha value is -3.26. The van der Waals surface area contributed by atoms with Crippen molar-refractivity contribution in [3.63, 3.8) is 0 Å². The van der Waals surface area contributed by atoms with E-state index in [-0.39, 0.29) is 17.0 Å². The molecule has 0 bridgehead atoms. The molecule has 0 aromatic carbocycles. The van der Waals surface area contributed by atoms with Crippen LogP contribution in [0.15, 0.2) is 41.5 Å². The van der Waals surface area contributed by atoms with Crippen LogP contribution >= 0.6 is 0 Å². The van der Waals surface area contributed by atoms with E-state index in [0.29, 0.717) is 12.1 Å². The molecule has 0 radical (unpaired) electrons. The summed E-state index contributed by atoms with van der Waals surface area (Å²) in [7, 11) is 1.61. The van der Waals surface area contributed by atoms with Gasteiger partial charge in [0.05, 0.1) is 22.9 Å². The molecular formula is C24H28N6O2. The molecule has 0 spiro atoms. The minimum absolute atomic E-state index is 0.0199. The third kappa shape index (κ3) is 3.54. The normalized spacial score (nSPS) is 18.0. The first-order valence-corrected chi connectivity index (χ1v) is 11.2. The molecule has 8 heteroatoms. The van der Waals surface area contributed by atoms with Gasteiger partial charge < -0.3 is 15.2 Å². The number of amides is 1. The van der Waals surface area contributed by atoms with Gasteiger partial charge in [0, 0.05) is 50.5 Å². The van der Waals surface area contributed by atoms with E-state index in [0.717, 1.165) is 61.3 Å². The van der Waals surface area contributed by atoms with Crippen molar-refractivity contribution >= 4 is 22.6 Å². The van der Waals surface area contributed by atoms with Gasteiger partial charge in [-0.15, -0.1) is 0 Å². The number of carbonyl (C=O) groups is 1. The predicted octanol–water partition coefficient (Wildman–Crippen LogP) is 2.05. The number of hydrogen-bond donors (Lipinski definition) is 2. The highest BCUT2D eigenvalue weighted by atomic mass is 16.1. The van der Waals surface area contributed by atoms with Crippen LogP contribution in [0.25, 0.3) is 11.0 Å². The topological polar surface area (TPSA) is 94.2 Å². The van der Waals surface area contributed by atoms with Crippen molar-refractivity contribution in [3.8, 4) is 0 Å². The fourth-order valence-corrected chi connectivity index (χ4v) is 4.77. The number of aromatic nitrogens is 3. The molecule has 1 saturated heterocycles. The summed E-state index contributed by atoms with van der Waals surface area (Å²) in [6, 6.07) is 7.76. The molecule has 3 aromatic rings. The highest BCUT2D eigenvalue weighted by Gasteiger charge is 2.50. The highest BCUT2D eigenvalue weighted by Crippen LogP contribution is 2.51. The Morgan fingerprint density at radius 2 is 1.91 bits per heavy atom. The monoisotopic (exact) mass is 432 g/mol. The lowest BCUT2D eigenvalue weighted by molar-refractivity contribution is 0.0958. The molecule has 1 amide bonds. The third-order valence-electron chi connectivity index (χ3n) is 6.87. The van der Waals surface area contributed by atoms with E-state index in [9.17, 15) is 9.59 Å².